The molecule has 7 heteroatoms. The third-order valence-electron chi connectivity index (χ3n) is 5.20. The second-order valence-corrected chi connectivity index (χ2v) is 7.33. The third-order valence-corrected chi connectivity index (χ3v) is 5.20. The number of nitrogens with zero attached hydrogens (tertiary/aromatic N) is 4. The first-order valence-corrected chi connectivity index (χ1v) is 9.49. The summed E-state index contributed by atoms with van der Waals surface area (Å²) in [5, 5.41) is 7.92. The quantitative estimate of drug-likeness (QED) is 0.851. The van der Waals surface area contributed by atoms with Gasteiger partial charge in [0.25, 0.3) is 11.6 Å². The predicted octanol–water partition coefficient (Wildman–Crippen LogP) is 2.10. The van der Waals surface area contributed by atoms with E-state index in [2.05, 4.69) is 39.1 Å². The molecular weight excluding hydrogens is 330 g/mol. The molecule has 2 aromatic heterocycles. The van der Waals surface area contributed by atoms with E-state index in [-0.39, 0.29) is 11.8 Å². The average Bonchev–Trinajstić information content (AvgIpc) is 3.09. The summed E-state index contributed by atoms with van der Waals surface area (Å²) in [5.41, 5.74) is 1.86. The molecule has 1 fully saturated rings. The van der Waals surface area contributed by atoms with Crippen LogP contribution in [0.25, 0.3) is 11.1 Å². The normalized spacial score (nSPS) is 17.7. The molecule has 3 heterocycles. The molecule has 1 amide bonds. The van der Waals surface area contributed by atoms with Crippen LogP contribution in [0.15, 0.2) is 16.8 Å². The standard InChI is InChI=1S/C19H29N5O2/c1-5-23-6-8-24(9-7-23)14(4)11-20-18(25)15-10-16-17(13(2)3)22-26-19(16)21-12-15/h10,12-14H,5-9,11H2,1-4H3,(H,20,25)/t14-/m1/s1. The molecule has 142 valence electrons. The molecule has 1 atom stereocenters. The minimum Gasteiger partial charge on any atom is -0.350 e. The van der Waals surface area contributed by atoms with Gasteiger partial charge in [0, 0.05) is 45.0 Å². The largest absolute Gasteiger partial charge is 0.350 e. The molecule has 2 aromatic rings. The maximum absolute atomic E-state index is 12.5. The van der Waals surface area contributed by atoms with Crippen LogP contribution in [0.1, 0.15) is 49.7 Å². The first-order chi connectivity index (χ1) is 12.5. The highest BCUT2D eigenvalue weighted by molar-refractivity contribution is 5.97. The summed E-state index contributed by atoms with van der Waals surface area (Å²) >= 11 is 0. The molecule has 26 heavy (non-hydrogen) atoms. The number of carbonyl (C=O) groups excluding carboxylic acids is 1. The maximum atomic E-state index is 12.5. The number of pyridine rings is 1. The minimum absolute atomic E-state index is 0.102. The van der Waals surface area contributed by atoms with Gasteiger partial charge in [0.05, 0.1) is 16.6 Å². The number of hydrogen-bond donors (Lipinski definition) is 1. The van der Waals surface area contributed by atoms with Gasteiger partial charge in [-0.05, 0) is 25.5 Å². The van der Waals surface area contributed by atoms with E-state index < -0.39 is 0 Å². The van der Waals surface area contributed by atoms with E-state index in [0.717, 1.165) is 43.8 Å². The van der Waals surface area contributed by atoms with Gasteiger partial charge in [-0.1, -0.05) is 25.9 Å². The second kappa shape index (κ2) is 8.14. The summed E-state index contributed by atoms with van der Waals surface area (Å²) in [6.45, 7) is 14.5. The van der Waals surface area contributed by atoms with E-state index in [1.807, 2.05) is 19.9 Å². The summed E-state index contributed by atoms with van der Waals surface area (Å²) in [6.07, 6.45) is 1.55. The molecule has 7 nitrogen and oxygen atoms in total. The maximum Gasteiger partial charge on any atom is 0.257 e. The molecule has 0 bridgehead atoms. The molecule has 3 rings (SSSR count). The lowest BCUT2D eigenvalue weighted by atomic mass is 10.1. The number of piperazine rings is 1. The van der Waals surface area contributed by atoms with Crippen molar-refractivity contribution in [3.63, 3.8) is 0 Å². The zero-order valence-corrected chi connectivity index (χ0v) is 16.2. The fraction of sp³-hybridized carbons (Fsp3) is 0.632. The van der Waals surface area contributed by atoms with Crippen molar-refractivity contribution in [2.45, 2.75) is 39.7 Å². The Hall–Kier alpha value is -1.99. The van der Waals surface area contributed by atoms with Gasteiger partial charge < -0.3 is 14.7 Å². The van der Waals surface area contributed by atoms with Crippen molar-refractivity contribution in [2.75, 3.05) is 39.3 Å². The molecule has 0 unspecified atom stereocenters. The minimum atomic E-state index is -0.102. The highest BCUT2D eigenvalue weighted by Gasteiger charge is 2.21. The van der Waals surface area contributed by atoms with Crippen LogP contribution in [0.2, 0.25) is 0 Å². The Balaban J connectivity index is 1.59. The molecule has 0 spiro atoms. The number of likely N-dealkylation sites (N-methyl/N-ethyl adjacent to an activating group) is 1. The first-order valence-electron chi connectivity index (χ1n) is 9.49. The molecule has 0 aliphatic carbocycles. The monoisotopic (exact) mass is 359 g/mol. The Morgan fingerprint density at radius 1 is 1.27 bits per heavy atom. The number of hydrogen-bond acceptors (Lipinski definition) is 6. The van der Waals surface area contributed by atoms with Gasteiger partial charge in [-0.15, -0.1) is 0 Å². The fourth-order valence-corrected chi connectivity index (χ4v) is 3.38. The Morgan fingerprint density at radius 2 is 2.00 bits per heavy atom. The zero-order valence-electron chi connectivity index (χ0n) is 16.2. The number of rotatable bonds is 6. The van der Waals surface area contributed by atoms with Gasteiger partial charge in [0.2, 0.25) is 0 Å². The summed E-state index contributed by atoms with van der Waals surface area (Å²) in [7, 11) is 0. The first kappa shape index (κ1) is 18.8. The number of fused-ring (bicyclic) bond motifs is 1. The van der Waals surface area contributed by atoms with Crippen molar-refractivity contribution in [1.82, 2.24) is 25.3 Å². The van der Waals surface area contributed by atoms with Crippen LogP contribution in [0.4, 0.5) is 0 Å². The van der Waals surface area contributed by atoms with Crippen LogP contribution in [0.3, 0.4) is 0 Å². The number of nitrogens with one attached hydrogen (secondary N) is 1. The molecule has 1 N–H and O–H groups in total. The van der Waals surface area contributed by atoms with Crippen LogP contribution < -0.4 is 5.32 Å². The molecular formula is C19H29N5O2. The van der Waals surface area contributed by atoms with Crippen molar-refractivity contribution in [1.29, 1.82) is 0 Å². The van der Waals surface area contributed by atoms with E-state index in [1.54, 1.807) is 6.20 Å². The molecule has 0 saturated carbocycles. The molecule has 0 aromatic carbocycles. The summed E-state index contributed by atoms with van der Waals surface area (Å²) in [4.78, 5) is 21.7. The van der Waals surface area contributed by atoms with E-state index in [0.29, 0.717) is 23.9 Å². The predicted molar refractivity (Wildman–Crippen MR) is 101 cm³/mol. The van der Waals surface area contributed by atoms with Crippen LogP contribution in [-0.2, 0) is 0 Å². The second-order valence-electron chi connectivity index (χ2n) is 7.33. The average molecular weight is 359 g/mol. The van der Waals surface area contributed by atoms with E-state index >= 15 is 0 Å². The number of aromatic nitrogens is 2. The highest BCUT2D eigenvalue weighted by atomic mass is 16.5. The lowest BCUT2D eigenvalue weighted by Gasteiger charge is -2.37. The molecule has 1 aliphatic rings. The van der Waals surface area contributed by atoms with Crippen molar-refractivity contribution in [3.05, 3.63) is 23.5 Å². The van der Waals surface area contributed by atoms with E-state index in [4.69, 9.17) is 4.52 Å². The van der Waals surface area contributed by atoms with Gasteiger partial charge in [0.1, 0.15) is 0 Å². The van der Waals surface area contributed by atoms with E-state index in [9.17, 15) is 4.79 Å². The van der Waals surface area contributed by atoms with Gasteiger partial charge in [-0.2, -0.15) is 0 Å². The van der Waals surface area contributed by atoms with Gasteiger partial charge >= 0.3 is 0 Å². The van der Waals surface area contributed by atoms with Gasteiger partial charge in [-0.3, -0.25) is 9.69 Å². The fourth-order valence-electron chi connectivity index (χ4n) is 3.38. The van der Waals surface area contributed by atoms with Crippen molar-refractivity contribution >= 4 is 17.0 Å². The van der Waals surface area contributed by atoms with E-state index in [1.165, 1.54) is 0 Å². The van der Waals surface area contributed by atoms with Gasteiger partial charge in [-0.25, -0.2) is 4.98 Å². The van der Waals surface area contributed by atoms with Crippen LogP contribution in [0, 0.1) is 0 Å². The summed E-state index contributed by atoms with van der Waals surface area (Å²) in [6, 6.07) is 2.14. The Morgan fingerprint density at radius 3 is 2.65 bits per heavy atom. The zero-order chi connectivity index (χ0) is 18.7. The topological polar surface area (TPSA) is 74.5 Å². The third kappa shape index (κ3) is 4.04. The lowest BCUT2D eigenvalue weighted by molar-refractivity contribution is 0.0882. The number of amides is 1. The number of carbonyl (C=O) groups is 1. The van der Waals surface area contributed by atoms with Crippen molar-refractivity contribution in [3.8, 4) is 0 Å². The smallest absolute Gasteiger partial charge is 0.257 e. The lowest BCUT2D eigenvalue weighted by Crippen LogP contribution is -2.52. The van der Waals surface area contributed by atoms with Crippen molar-refractivity contribution < 1.29 is 9.32 Å². The Bertz CT molecular complexity index is 749. The molecule has 1 saturated heterocycles. The van der Waals surface area contributed by atoms with Crippen molar-refractivity contribution in [2.24, 2.45) is 0 Å². The highest BCUT2D eigenvalue weighted by Crippen LogP contribution is 2.24. The Labute approximate surface area is 154 Å². The van der Waals surface area contributed by atoms with Crippen LogP contribution in [0.5, 0.6) is 0 Å². The SMILES string of the molecule is CCN1CCN([C@H](C)CNC(=O)c2cnc3onc(C(C)C)c3c2)CC1. The Kier molecular flexibility index (Phi) is 5.88. The summed E-state index contributed by atoms with van der Waals surface area (Å²) < 4.78 is 5.24. The van der Waals surface area contributed by atoms with Crippen LogP contribution in [-0.4, -0.2) is 71.2 Å². The summed E-state index contributed by atoms with van der Waals surface area (Å²) in [5.74, 6) is 0.118. The molecule has 1 aliphatic heterocycles. The van der Waals surface area contributed by atoms with Gasteiger partial charge in [0.15, 0.2) is 0 Å². The molecule has 0 radical (unpaired) electrons. The van der Waals surface area contributed by atoms with Crippen LogP contribution >= 0.6 is 0 Å².